The van der Waals surface area contributed by atoms with E-state index in [4.69, 9.17) is 4.74 Å². The standard InChI is InChI=1S/C12H16BrNO3/c1-3-10-4-5-12(11(6-10)14(15)16)17-8-9(2)7-13/h4-6,9H,3,7-8H2,1-2H3. The highest BCUT2D eigenvalue weighted by molar-refractivity contribution is 9.09. The SMILES string of the molecule is CCc1ccc(OCC(C)CBr)c([N+](=O)[O-])c1. The maximum absolute atomic E-state index is 10.9. The Kier molecular flexibility index (Phi) is 5.41. The average Bonchev–Trinajstić information content (AvgIpc) is 2.35. The van der Waals surface area contributed by atoms with Gasteiger partial charge >= 0.3 is 5.69 Å². The van der Waals surface area contributed by atoms with Crippen molar-refractivity contribution in [2.24, 2.45) is 5.92 Å². The molecule has 0 aliphatic rings. The first kappa shape index (κ1) is 14.0. The van der Waals surface area contributed by atoms with E-state index in [1.54, 1.807) is 12.1 Å². The first-order valence-electron chi connectivity index (χ1n) is 5.54. The van der Waals surface area contributed by atoms with Crippen molar-refractivity contribution in [3.05, 3.63) is 33.9 Å². The van der Waals surface area contributed by atoms with Crippen molar-refractivity contribution in [3.63, 3.8) is 0 Å². The maximum atomic E-state index is 10.9. The normalized spacial score (nSPS) is 12.2. The molecule has 5 heteroatoms. The van der Waals surface area contributed by atoms with Crippen LogP contribution in [0.2, 0.25) is 0 Å². The van der Waals surface area contributed by atoms with E-state index in [2.05, 4.69) is 15.9 Å². The van der Waals surface area contributed by atoms with Crippen LogP contribution in [0, 0.1) is 16.0 Å². The second-order valence-corrected chi connectivity index (χ2v) is 4.63. The topological polar surface area (TPSA) is 52.4 Å². The van der Waals surface area contributed by atoms with Gasteiger partial charge in [0, 0.05) is 11.4 Å². The van der Waals surface area contributed by atoms with Crippen LogP contribution in [0.1, 0.15) is 19.4 Å². The van der Waals surface area contributed by atoms with Crippen LogP contribution >= 0.6 is 15.9 Å². The average molecular weight is 302 g/mol. The highest BCUT2D eigenvalue weighted by atomic mass is 79.9. The van der Waals surface area contributed by atoms with Gasteiger partial charge in [-0.15, -0.1) is 0 Å². The third-order valence-corrected chi connectivity index (χ3v) is 3.52. The minimum Gasteiger partial charge on any atom is -0.486 e. The van der Waals surface area contributed by atoms with Gasteiger partial charge in [0.05, 0.1) is 11.5 Å². The van der Waals surface area contributed by atoms with Gasteiger partial charge < -0.3 is 4.74 Å². The van der Waals surface area contributed by atoms with Gasteiger partial charge in [-0.1, -0.05) is 35.8 Å². The van der Waals surface area contributed by atoms with Crippen LogP contribution in [-0.2, 0) is 6.42 Å². The highest BCUT2D eigenvalue weighted by Gasteiger charge is 2.16. The van der Waals surface area contributed by atoms with Crippen molar-refractivity contribution in [1.82, 2.24) is 0 Å². The Morgan fingerprint density at radius 2 is 2.24 bits per heavy atom. The number of nitrogens with zero attached hydrogens (tertiary/aromatic N) is 1. The lowest BCUT2D eigenvalue weighted by atomic mass is 10.1. The summed E-state index contributed by atoms with van der Waals surface area (Å²) < 4.78 is 5.48. The smallest absolute Gasteiger partial charge is 0.311 e. The lowest BCUT2D eigenvalue weighted by Gasteiger charge is -2.11. The van der Waals surface area contributed by atoms with Gasteiger partial charge in [0.1, 0.15) is 0 Å². The van der Waals surface area contributed by atoms with Crippen LogP contribution in [0.25, 0.3) is 0 Å². The lowest BCUT2D eigenvalue weighted by Crippen LogP contribution is -2.10. The molecule has 4 nitrogen and oxygen atoms in total. The number of rotatable bonds is 6. The van der Waals surface area contributed by atoms with Gasteiger partial charge in [-0.2, -0.15) is 0 Å². The summed E-state index contributed by atoms with van der Waals surface area (Å²) in [6.45, 7) is 4.45. The molecule has 1 atom stereocenters. The molecule has 0 aliphatic heterocycles. The van der Waals surface area contributed by atoms with E-state index in [1.807, 2.05) is 19.9 Å². The molecule has 0 bridgehead atoms. The molecular formula is C12H16BrNO3. The number of nitro groups is 1. The fraction of sp³-hybridized carbons (Fsp3) is 0.500. The summed E-state index contributed by atoms with van der Waals surface area (Å²) in [4.78, 5) is 10.5. The third-order valence-electron chi connectivity index (χ3n) is 2.42. The molecule has 94 valence electrons. The Hall–Kier alpha value is -1.10. The van der Waals surface area contributed by atoms with Crippen LogP contribution < -0.4 is 4.74 Å². The molecule has 0 saturated heterocycles. The number of halogens is 1. The molecule has 0 spiro atoms. The zero-order valence-electron chi connectivity index (χ0n) is 9.98. The number of ether oxygens (including phenoxy) is 1. The summed E-state index contributed by atoms with van der Waals surface area (Å²) >= 11 is 3.34. The molecule has 0 aromatic heterocycles. The summed E-state index contributed by atoms with van der Waals surface area (Å²) in [6, 6.07) is 5.12. The Morgan fingerprint density at radius 1 is 1.53 bits per heavy atom. The minimum atomic E-state index is -0.396. The fourth-order valence-corrected chi connectivity index (χ4v) is 1.51. The number of benzene rings is 1. The summed E-state index contributed by atoms with van der Waals surface area (Å²) in [6.07, 6.45) is 0.777. The highest BCUT2D eigenvalue weighted by Crippen LogP contribution is 2.28. The summed E-state index contributed by atoms with van der Waals surface area (Å²) in [7, 11) is 0. The Bertz CT molecular complexity index is 395. The molecule has 0 amide bonds. The van der Waals surface area contributed by atoms with Crippen LogP contribution in [0.3, 0.4) is 0 Å². The predicted molar refractivity (Wildman–Crippen MR) is 70.9 cm³/mol. The summed E-state index contributed by atoms with van der Waals surface area (Å²) in [5.41, 5.74) is 0.990. The van der Waals surface area contributed by atoms with Crippen LogP contribution in [-0.4, -0.2) is 16.9 Å². The second kappa shape index (κ2) is 6.59. The van der Waals surface area contributed by atoms with Crippen LogP contribution in [0.15, 0.2) is 18.2 Å². The molecular weight excluding hydrogens is 286 g/mol. The van der Waals surface area contributed by atoms with Gasteiger partial charge in [0.2, 0.25) is 0 Å². The van der Waals surface area contributed by atoms with Gasteiger partial charge in [0.15, 0.2) is 5.75 Å². The largest absolute Gasteiger partial charge is 0.486 e. The molecule has 1 aromatic rings. The number of alkyl halides is 1. The van der Waals surface area contributed by atoms with Gasteiger partial charge in [0.25, 0.3) is 0 Å². The van der Waals surface area contributed by atoms with Crippen molar-refractivity contribution in [1.29, 1.82) is 0 Å². The van der Waals surface area contributed by atoms with Crippen LogP contribution in [0.4, 0.5) is 5.69 Å². The van der Waals surface area contributed by atoms with Crippen LogP contribution in [0.5, 0.6) is 5.75 Å². The van der Waals surface area contributed by atoms with Crippen molar-refractivity contribution in [2.45, 2.75) is 20.3 Å². The zero-order valence-corrected chi connectivity index (χ0v) is 11.6. The summed E-state index contributed by atoms with van der Waals surface area (Å²) in [5, 5.41) is 11.7. The number of hydrogen-bond donors (Lipinski definition) is 0. The minimum absolute atomic E-state index is 0.0473. The zero-order chi connectivity index (χ0) is 12.8. The fourth-order valence-electron chi connectivity index (χ4n) is 1.32. The molecule has 1 unspecified atom stereocenters. The number of aryl methyl sites for hydroxylation is 1. The quantitative estimate of drug-likeness (QED) is 0.458. The lowest BCUT2D eigenvalue weighted by molar-refractivity contribution is -0.386. The Morgan fingerprint density at radius 3 is 2.76 bits per heavy atom. The van der Waals surface area contributed by atoms with Crippen molar-refractivity contribution < 1.29 is 9.66 Å². The van der Waals surface area contributed by atoms with E-state index >= 15 is 0 Å². The molecule has 1 rings (SSSR count). The molecule has 0 heterocycles. The van der Waals surface area contributed by atoms with E-state index in [9.17, 15) is 10.1 Å². The monoisotopic (exact) mass is 301 g/mol. The molecule has 17 heavy (non-hydrogen) atoms. The molecule has 0 fully saturated rings. The molecule has 0 saturated carbocycles. The van der Waals surface area contributed by atoms with Crippen molar-refractivity contribution >= 4 is 21.6 Å². The van der Waals surface area contributed by atoms with E-state index in [0.29, 0.717) is 18.3 Å². The maximum Gasteiger partial charge on any atom is 0.311 e. The Balaban J connectivity index is 2.87. The van der Waals surface area contributed by atoms with E-state index < -0.39 is 4.92 Å². The number of nitro benzene ring substituents is 1. The number of hydrogen-bond acceptors (Lipinski definition) is 3. The van der Waals surface area contributed by atoms with Gasteiger partial charge in [-0.3, -0.25) is 10.1 Å². The first-order valence-corrected chi connectivity index (χ1v) is 6.66. The molecule has 0 radical (unpaired) electrons. The summed E-state index contributed by atoms with van der Waals surface area (Å²) in [5.74, 6) is 0.667. The van der Waals surface area contributed by atoms with E-state index in [1.165, 1.54) is 0 Å². The molecule has 0 N–H and O–H groups in total. The molecule has 0 aliphatic carbocycles. The third kappa shape index (κ3) is 4.00. The van der Waals surface area contributed by atoms with E-state index in [-0.39, 0.29) is 5.69 Å². The second-order valence-electron chi connectivity index (χ2n) is 3.98. The first-order chi connectivity index (χ1) is 8.08. The Labute approximate surface area is 109 Å². The van der Waals surface area contributed by atoms with Gasteiger partial charge in [-0.25, -0.2) is 0 Å². The molecule has 1 aromatic carbocycles. The van der Waals surface area contributed by atoms with Crippen molar-refractivity contribution in [3.8, 4) is 5.75 Å². The van der Waals surface area contributed by atoms with E-state index in [0.717, 1.165) is 17.3 Å². The van der Waals surface area contributed by atoms with Crippen molar-refractivity contribution in [2.75, 3.05) is 11.9 Å². The van der Waals surface area contributed by atoms with Gasteiger partial charge in [-0.05, 0) is 24.0 Å². The predicted octanol–water partition coefficient (Wildman–Crippen LogP) is 3.57.